The zero-order valence-corrected chi connectivity index (χ0v) is 18.4. The Labute approximate surface area is 179 Å². The molecule has 29 heavy (non-hydrogen) atoms. The molecule has 1 aromatic carbocycles. The van der Waals surface area contributed by atoms with E-state index in [0.29, 0.717) is 18.2 Å². The molecule has 0 radical (unpaired) electrons. The number of aryl methyl sites for hydroxylation is 1. The van der Waals surface area contributed by atoms with Crippen LogP contribution in [0.5, 0.6) is 0 Å². The van der Waals surface area contributed by atoms with Gasteiger partial charge in [0.25, 0.3) is 0 Å². The average molecular weight is 428 g/mol. The zero-order chi connectivity index (χ0) is 20.2. The Morgan fingerprint density at radius 3 is 2.93 bits per heavy atom. The molecule has 6 nitrogen and oxygen atoms in total. The Morgan fingerprint density at radius 2 is 2.14 bits per heavy atom. The molecule has 8 heteroatoms. The summed E-state index contributed by atoms with van der Waals surface area (Å²) >= 11 is 3.08. The first-order valence-corrected chi connectivity index (χ1v) is 11.7. The lowest BCUT2D eigenvalue weighted by molar-refractivity contribution is -0.118. The van der Waals surface area contributed by atoms with E-state index in [1.807, 2.05) is 12.1 Å². The highest BCUT2D eigenvalue weighted by molar-refractivity contribution is 8.00. The van der Waals surface area contributed by atoms with Gasteiger partial charge < -0.3 is 10.2 Å². The molecular weight excluding hydrogens is 402 g/mol. The molecular formula is C21H25N5OS2. The van der Waals surface area contributed by atoms with Crippen LogP contribution in [0, 0.1) is 12.8 Å². The van der Waals surface area contributed by atoms with Crippen LogP contribution in [0.4, 0.5) is 5.13 Å². The number of hydrogen-bond acceptors (Lipinski definition) is 7. The number of nitrogens with zero attached hydrogens (tertiary/aromatic N) is 4. The van der Waals surface area contributed by atoms with Gasteiger partial charge in [0.05, 0.1) is 5.75 Å². The van der Waals surface area contributed by atoms with Gasteiger partial charge in [0, 0.05) is 19.6 Å². The third-order valence-electron chi connectivity index (χ3n) is 5.03. The van der Waals surface area contributed by atoms with Gasteiger partial charge in [-0.25, -0.2) is 9.97 Å². The number of carbonyl (C=O) groups is 1. The maximum Gasteiger partial charge on any atom is 0.230 e. The van der Waals surface area contributed by atoms with Gasteiger partial charge in [-0.3, -0.25) is 4.79 Å². The van der Waals surface area contributed by atoms with Crippen LogP contribution in [0.1, 0.15) is 30.9 Å². The van der Waals surface area contributed by atoms with Crippen LogP contribution in [-0.4, -0.2) is 39.7 Å². The SMILES string of the molecule is Cc1ccc(CNC(=O)CSc2ncnc3nc(N4CCCC(C)C4)sc23)cc1. The molecule has 1 aliphatic heterocycles. The normalized spacial score (nSPS) is 16.9. The summed E-state index contributed by atoms with van der Waals surface area (Å²) in [5, 5.41) is 4.81. The van der Waals surface area contributed by atoms with E-state index in [4.69, 9.17) is 4.98 Å². The molecule has 1 N–H and O–H groups in total. The Balaban J connectivity index is 1.38. The first kappa shape index (κ1) is 20.1. The minimum atomic E-state index is -0.00284. The molecule has 0 bridgehead atoms. The fourth-order valence-corrected chi connectivity index (χ4v) is 5.37. The molecule has 1 fully saturated rings. The van der Waals surface area contributed by atoms with Crippen LogP contribution in [0.15, 0.2) is 35.6 Å². The van der Waals surface area contributed by atoms with Gasteiger partial charge in [-0.05, 0) is 31.2 Å². The highest BCUT2D eigenvalue weighted by Crippen LogP contribution is 2.35. The maximum atomic E-state index is 12.3. The van der Waals surface area contributed by atoms with Crippen molar-refractivity contribution < 1.29 is 4.79 Å². The smallest absolute Gasteiger partial charge is 0.230 e. The Hall–Kier alpha value is -2.19. The van der Waals surface area contributed by atoms with E-state index < -0.39 is 0 Å². The van der Waals surface area contributed by atoms with Crippen LogP contribution in [0.2, 0.25) is 0 Å². The van der Waals surface area contributed by atoms with Crippen molar-refractivity contribution in [3.63, 3.8) is 0 Å². The fourth-order valence-electron chi connectivity index (χ4n) is 3.42. The number of rotatable bonds is 6. The molecule has 1 atom stereocenters. The standard InChI is InChI=1S/C21H25N5OS2/c1-14-5-7-16(8-6-14)10-22-17(27)12-28-20-18-19(23-13-24-20)25-21(29-18)26-9-3-4-15(2)11-26/h5-8,13,15H,3-4,9-12H2,1-2H3,(H,22,27). The fraction of sp³-hybridized carbons (Fsp3) is 0.429. The molecule has 0 saturated carbocycles. The first-order chi connectivity index (χ1) is 14.1. The Kier molecular flexibility index (Phi) is 6.30. The number of thiazole rings is 1. The summed E-state index contributed by atoms with van der Waals surface area (Å²) in [7, 11) is 0. The second kappa shape index (κ2) is 9.09. The van der Waals surface area contributed by atoms with Crippen molar-refractivity contribution in [1.29, 1.82) is 0 Å². The van der Waals surface area contributed by atoms with Crippen molar-refractivity contribution in [3.05, 3.63) is 41.7 Å². The first-order valence-electron chi connectivity index (χ1n) is 9.90. The molecule has 152 valence electrons. The number of nitrogens with one attached hydrogen (secondary N) is 1. The predicted molar refractivity (Wildman–Crippen MR) is 120 cm³/mol. The Morgan fingerprint density at radius 1 is 1.31 bits per heavy atom. The quantitative estimate of drug-likeness (QED) is 0.473. The number of piperidine rings is 1. The number of benzene rings is 1. The molecule has 1 aliphatic rings. The van der Waals surface area contributed by atoms with Crippen molar-refractivity contribution in [2.24, 2.45) is 5.92 Å². The number of aromatic nitrogens is 3. The van der Waals surface area contributed by atoms with Crippen LogP contribution in [0.3, 0.4) is 0 Å². The van der Waals surface area contributed by atoms with Crippen molar-refractivity contribution in [3.8, 4) is 0 Å². The van der Waals surface area contributed by atoms with E-state index >= 15 is 0 Å². The molecule has 3 aromatic rings. The lowest BCUT2D eigenvalue weighted by Crippen LogP contribution is -2.34. The Bertz CT molecular complexity index is 988. The number of carbonyl (C=O) groups excluding carboxylic acids is 1. The third-order valence-corrected chi connectivity index (χ3v) is 7.26. The van der Waals surface area contributed by atoms with Crippen molar-refractivity contribution in [2.45, 2.75) is 38.3 Å². The highest BCUT2D eigenvalue weighted by atomic mass is 32.2. The number of amides is 1. The van der Waals surface area contributed by atoms with Crippen molar-refractivity contribution >= 4 is 44.5 Å². The minimum absolute atomic E-state index is 0.00284. The molecule has 2 aromatic heterocycles. The average Bonchev–Trinajstić information content (AvgIpc) is 3.17. The summed E-state index contributed by atoms with van der Waals surface area (Å²) < 4.78 is 0.970. The third kappa shape index (κ3) is 5.05. The number of fused-ring (bicyclic) bond motifs is 1. The molecule has 1 amide bonds. The zero-order valence-electron chi connectivity index (χ0n) is 16.7. The number of anilines is 1. The van der Waals surface area contributed by atoms with Crippen molar-refractivity contribution in [2.75, 3.05) is 23.7 Å². The van der Waals surface area contributed by atoms with Crippen LogP contribution < -0.4 is 10.2 Å². The van der Waals surface area contributed by atoms with Crippen molar-refractivity contribution in [1.82, 2.24) is 20.3 Å². The van der Waals surface area contributed by atoms with Gasteiger partial charge in [0.15, 0.2) is 10.8 Å². The molecule has 3 heterocycles. The maximum absolute atomic E-state index is 12.3. The van der Waals surface area contributed by atoms with Gasteiger partial charge in [-0.1, -0.05) is 59.9 Å². The largest absolute Gasteiger partial charge is 0.351 e. The molecule has 1 unspecified atom stereocenters. The highest BCUT2D eigenvalue weighted by Gasteiger charge is 2.21. The molecule has 0 aliphatic carbocycles. The number of thioether (sulfide) groups is 1. The summed E-state index contributed by atoms with van der Waals surface area (Å²) in [4.78, 5) is 28.1. The summed E-state index contributed by atoms with van der Waals surface area (Å²) in [5.41, 5.74) is 3.04. The van der Waals surface area contributed by atoms with Crippen LogP contribution in [0.25, 0.3) is 10.3 Å². The van der Waals surface area contributed by atoms with E-state index in [1.54, 1.807) is 11.3 Å². The second-order valence-electron chi connectivity index (χ2n) is 7.57. The summed E-state index contributed by atoms with van der Waals surface area (Å²) in [6.45, 7) is 6.96. The second-order valence-corrected chi connectivity index (χ2v) is 9.51. The molecule has 4 rings (SSSR count). The van der Waals surface area contributed by atoms with E-state index in [2.05, 4.69) is 46.2 Å². The van der Waals surface area contributed by atoms with E-state index in [0.717, 1.165) is 39.2 Å². The summed E-state index contributed by atoms with van der Waals surface area (Å²) in [6.07, 6.45) is 4.02. The summed E-state index contributed by atoms with van der Waals surface area (Å²) in [6, 6.07) is 8.19. The van der Waals surface area contributed by atoms with E-state index in [9.17, 15) is 4.79 Å². The van der Waals surface area contributed by atoms with E-state index in [1.165, 1.54) is 36.5 Å². The molecule has 0 spiro atoms. The minimum Gasteiger partial charge on any atom is -0.351 e. The topological polar surface area (TPSA) is 71.0 Å². The molecule has 1 saturated heterocycles. The van der Waals surface area contributed by atoms with Crippen LogP contribution >= 0.6 is 23.1 Å². The predicted octanol–water partition coefficient (Wildman–Crippen LogP) is 4.04. The lowest BCUT2D eigenvalue weighted by Gasteiger charge is -2.30. The van der Waals surface area contributed by atoms with E-state index in [-0.39, 0.29) is 5.91 Å². The lowest BCUT2D eigenvalue weighted by atomic mass is 10.0. The van der Waals surface area contributed by atoms with Gasteiger partial charge in [-0.2, -0.15) is 4.98 Å². The van der Waals surface area contributed by atoms with Gasteiger partial charge in [0.1, 0.15) is 16.1 Å². The summed E-state index contributed by atoms with van der Waals surface area (Å²) in [5.74, 6) is 1.01. The van der Waals surface area contributed by atoms with Gasteiger partial charge in [0.2, 0.25) is 5.91 Å². The monoisotopic (exact) mass is 427 g/mol. The number of hydrogen-bond donors (Lipinski definition) is 1. The van der Waals surface area contributed by atoms with Crippen LogP contribution in [-0.2, 0) is 11.3 Å². The van der Waals surface area contributed by atoms with Gasteiger partial charge >= 0.3 is 0 Å². The van der Waals surface area contributed by atoms with Gasteiger partial charge in [-0.15, -0.1) is 0 Å².